The zero-order chi connectivity index (χ0) is 12.3. The molecule has 2 heterocycles. The van der Waals surface area contributed by atoms with Crippen LogP contribution in [0.1, 0.15) is 10.6 Å². The van der Waals surface area contributed by atoms with E-state index >= 15 is 0 Å². The van der Waals surface area contributed by atoms with Crippen molar-refractivity contribution in [1.29, 1.82) is 0 Å². The molecule has 1 aromatic heterocycles. The van der Waals surface area contributed by atoms with Gasteiger partial charge in [0.15, 0.2) is 12.5 Å². The van der Waals surface area contributed by atoms with Crippen molar-refractivity contribution in [2.75, 3.05) is 26.7 Å². The summed E-state index contributed by atoms with van der Waals surface area (Å²) in [7, 11) is 1.53. The zero-order valence-electron chi connectivity index (χ0n) is 9.38. The van der Waals surface area contributed by atoms with E-state index in [1.165, 1.54) is 24.5 Å². The van der Waals surface area contributed by atoms with Gasteiger partial charge < -0.3 is 19.4 Å². The smallest absolute Gasteiger partial charge is 0.291 e. The van der Waals surface area contributed by atoms with Crippen LogP contribution in [0, 0.1) is 0 Å². The lowest BCUT2D eigenvalue weighted by Crippen LogP contribution is -2.51. The van der Waals surface area contributed by atoms with Gasteiger partial charge in [-0.3, -0.25) is 9.59 Å². The summed E-state index contributed by atoms with van der Waals surface area (Å²) in [4.78, 5) is 28.5. The second kappa shape index (κ2) is 4.96. The second-order valence-electron chi connectivity index (χ2n) is 3.59. The molecule has 0 aliphatic carbocycles. The van der Waals surface area contributed by atoms with Crippen LogP contribution in [0.5, 0.6) is 0 Å². The third-order valence-electron chi connectivity index (χ3n) is 2.54. The molecule has 1 fully saturated rings. The fourth-order valence-corrected chi connectivity index (χ4v) is 1.63. The molecule has 2 amide bonds. The van der Waals surface area contributed by atoms with Gasteiger partial charge in [-0.2, -0.15) is 0 Å². The van der Waals surface area contributed by atoms with Crippen LogP contribution in [0.3, 0.4) is 0 Å². The van der Waals surface area contributed by atoms with Crippen molar-refractivity contribution in [3.63, 3.8) is 0 Å². The number of hydrogen-bond acceptors (Lipinski definition) is 5. The summed E-state index contributed by atoms with van der Waals surface area (Å²) in [5.74, 6) is -0.345. The summed E-state index contributed by atoms with van der Waals surface area (Å²) >= 11 is 0. The van der Waals surface area contributed by atoms with E-state index in [1.807, 2.05) is 0 Å². The summed E-state index contributed by atoms with van der Waals surface area (Å²) in [6.07, 6.45) is 1.93. The number of nitrogens with zero attached hydrogens (tertiary/aromatic N) is 2. The lowest BCUT2D eigenvalue weighted by Gasteiger charge is -2.31. The summed E-state index contributed by atoms with van der Waals surface area (Å²) in [6.45, 7) is 0.990. The minimum atomic E-state index is -0.624. The van der Waals surface area contributed by atoms with Crippen LogP contribution in [0.25, 0.3) is 0 Å². The van der Waals surface area contributed by atoms with Crippen molar-refractivity contribution in [1.82, 2.24) is 15.2 Å². The molecule has 0 radical (unpaired) electrons. The SMILES string of the molecule is CNC(=O)[C@H]1CN(C(=O)c2cnco2)CCO1. The third kappa shape index (κ3) is 2.44. The van der Waals surface area contributed by atoms with Gasteiger partial charge in [0.2, 0.25) is 5.76 Å². The van der Waals surface area contributed by atoms with Gasteiger partial charge in [-0.15, -0.1) is 0 Å². The van der Waals surface area contributed by atoms with E-state index in [2.05, 4.69) is 10.3 Å². The maximum atomic E-state index is 11.9. The number of oxazole rings is 1. The minimum Gasteiger partial charge on any atom is -0.438 e. The van der Waals surface area contributed by atoms with Crippen LogP contribution in [0.2, 0.25) is 0 Å². The third-order valence-corrected chi connectivity index (χ3v) is 2.54. The average Bonchev–Trinajstić information content (AvgIpc) is 2.91. The highest BCUT2D eigenvalue weighted by molar-refractivity contribution is 5.92. The molecule has 0 aromatic carbocycles. The molecular formula is C10H13N3O4. The number of carbonyl (C=O) groups excluding carboxylic acids is 2. The quantitative estimate of drug-likeness (QED) is 0.735. The summed E-state index contributed by atoms with van der Waals surface area (Å²) in [5, 5.41) is 2.49. The predicted octanol–water partition coefficient (Wildman–Crippen LogP) is -0.738. The topological polar surface area (TPSA) is 84.7 Å². The number of hydrogen-bond donors (Lipinski definition) is 1. The maximum absolute atomic E-state index is 11.9. The highest BCUT2D eigenvalue weighted by Gasteiger charge is 2.30. The van der Waals surface area contributed by atoms with E-state index in [0.29, 0.717) is 13.2 Å². The van der Waals surface area contributed by atoms with Crippen LogP contribution in [-0.4, -0.2) is 54.5 Å². The van der Waals surface area contributed by atoms with Gasteiger partial charge in [0.25, 0.3) is 11.8 Å². The Hall–Kier alpha value is -1.89. The van der Waals surface area contributed by atoms with Crippen molar-refractivity contribution < 1.29 is 18.7 Å². The molecule has 1 N–H and O–H groups in total. The van der Waals surface area contributed by atoms with Gasteiger partial charge in [0, 0.05) is 13.6 Å². The molecule has 0 saturated carbocycles. The molecule has 1 aromatic rings. The number of morpholine rings is 1. The Kier molecular flexibility index (Phi) is 3.38. The van der Waals surface area contributed by atoms with Crippen LogP contribution in [0.15, 0.2) is 17.0 Å². The number of ether oxygens (including phenoxy) is 1. The monoisotopic (exact) mass is 239 g/mol. The van der Waals surface area contributed by atoms with Crippen molar-refractivity contribution >= 4 is 11.8 Å². The first kappa shape index (κ1) is 11.6. The number of carbonyl (C=O) groups is 2. The number of nitrogens with one attached hydrogen (secondary N) is 1. The first-order chi connectivity index (χ1) is 8.22. The molecule has 0 bridgehead atoms. The first-order valence-corrected chi connectivity index (χ1v) is 5.23. The Balaban J connectivity index is 2.02. The van der Waals surface area contributed by atoms with Crippen molar-refractivity contribution in [2.24, 2.45) is 0 Å². The standard InChI is InChI=1S/C10H13N3O4/c1-11-9(14)8-5-13(2-3-16-8)10(15)7-4-12-6-17-7/h4,6,8H,2-3,5H2,1H3,(H,11,14)/t8-/m1/s1. The summed E-state index contributed by atoms with van der Waals surface area (Å²) < 4.78 is 10.2. The van der Waals surface area contributed by atoms with E-state index < -0.39 is 6.10 Å². The molecule has 1 atom stereocenters. The van der Waals surface area contributed by atoms with Gasteiger partial charge in [-0.05, 0) is 0 Å². The normalized spacial score (nSPS) is 20.1. The number of rotatable bonds is 2. The molecule has 0 spiro atoms. The average molecular weight is 239 g/mol. The van der Waals surface area contributed by atoms with Crippen molar-refractivity contribution in [3.05, 3.63) is 18.4 Å². The Bertz CT molecular complexity index is 404. The molecule has 92 valence electrons. The summed E-state index contributed by atoms with van der Waals surface area (Å²) in [6, 6.07) is 0. The van der Waals surface area contributed by atoms with Gasteiger partial charge in [0.1, 0.15) is 0 Å². The second-order valence-corrected chi connectivity index (χ2v) is 3.59. The highest BCUT2D eigenvalue weighted by Crippen LogP contribution is 2.10. The molecule has 2 rings (SSSR count). The molecule has 1 saturated heterocycles. The zero-order valence-corrected chi connectivity index (χ0v) is 9.38. The van der Waals surface area contributed by atoms with E-state index in [-0.39, 0.29) is 24.1 Å². The van der Waals surface area contributed by atoms with Crippen molar-refractivity contribution in [2.45, 2.75) is 6.10 Å². The lowest BCUT2D eigenvalue weighted by molar-refractivity contribution is -0.136. The van der Waals surface area contributed by atoms with Gasteiger partial charge in [-0.1, -0.05) is 0 Å². The lowest BCUT2D eigenvalue weighted by atomic mass is 10.2. The fraction of sp³-hybridized carbons (Fsp3) is 0.500. The Morgan fingerprint density at radius 1 is 1.59 bits per heavy atom. The van der Waals surface area contributed by atoms with Gasteiger partial charge in [0.05, 0.1) is 19.3 Å². The first-order valence-electron chi connectivity index (χ1n) is 5.23. The molecule has 0 unspecified atom stereocenters. The van der Waals surface area contributed by atoms with Crippen molar-refractivity contribution in [3.8, 4) is 0 Å². The molecular weight excluding hydrogens is 226 g/mol. The van der Waals surface area contributed by atoms with E-state index in [9.17, 15) is 9.59 Å². The van der Waals surface area contributed by atoms with Crippen LogP contribution in [0.4, 0.5) is 0 Å². The molecule has 7 heteroatoms. The Labute approximate surface area is 97.7 Å². The molecule has 7 nitrogen and oxygen atoms in total. The number of likely N-dealkylation sites (N-methyl/N-ethyl adjacent to an activating group) is 1. The molecule has 1 aliphatic heterocycles. The largest absolute Gasteiger partial charge is 0.438 e. The Morgan fingerprint density at radius 3 is 3.06 bits per heavy atom. The van der Waals surface area contributed by atoms with E-state index in [4.69, 9.17) is 9.15 Å². The Morgan fingerprint density at radius 2 is 2.41 bits per heavy atom. The number of amides is 2. The maximum Gasteiger partial charge on any atom is 0.291 e. The van der Waals surface area contributed by atoms with E-state index in [1.54, 1.807) is 0 Å². The van der Waals surface area contributed by atoms with Gasteiger partial charge in [-0.25, -0.2) is 4.98 Å². The van der Waals surface area contributed by atoms with Crippen LogP contribution >= 0.6 is 0 Å². The minimum absolute atomic E-state index is 0.169. The highest BCUT2D eigenvalue weighted by atomic mass is 16.5. The van der Waals surface area contributed by atoms with Crippen LogP contribution in [-0.2, 0) is 9.53 Å². The van der Waals surface area contributed by atoms with E-state index in [0.717, 1.165) is 0 Å². The van der Waals surface area contributed by atoms with Crippen LogP contribution < -0.4 is 5.32 Å². The molecule has 1 aliphatic rings. The number of aromatic nitrogens is 1. The van der Waals surface area contributed by atoms with Gasteiger partial charge >= 0.3 is 0 Å². The molecule has 17 heavy (non-hydrogen) atoms. The fourth-order valence-electron chi connectivity index (χ4n) is 1.63. The predicted molar refractivity (Wildman–Crippen MR) is 56.2 cm³/mol. The summed E-state index contributed by atoms with van der Waals surface area (Å²) in [5.41, 5.74) is 0.